The average molecular weight is 354 g/mol. The first-order valence-electron chi connectivity index (χ1n) is 8.83. The second-order valence-electron chi connectivity index (χ2n) is 8.31. The molecular weight excluding hydrogens is 322 g/mol. The van der Waals surface area contributed by atoms with Crippen molar-refractivity contribution in [3.8, 4) is 0 Å². The lowest BCUT2D eigenvalue weighted by atomic mass is 9.93. The number of piperidine rings is 1. The molecule has 1 heterocycles. The largest absolute Gasteiger partial charge is 0.417 e. The zero-order valence-corrected chi connectivity index (χ0v) is 17.1. The molecular formula is C19H32ClNOSi. The maximum absolute atomic E-state index is 6.33. The number of rotatable bonds is 5. The van der Waals surface area contributed by atoms with E-state index < -0.39 is 8.32 Å². The Bertz CT molecular complexity index is 504. The SMILES string of the molecule is CC(C)(C)[Si](C)(C)OCCC1CCN(c2cccc(Cl)c2)CC1. The quantitative estimate of drug-likeness (QED) is 0.605. The molecule has 1 aromatic carbocycles. The minimum atomic E-state index is -1.59. The van der Waals surface area contributed by atoms with Crippen LogP contribution >= 0.6 is 11.6 Å². The molecule has 0 unspecified atom stereocenters. The van der Waals surface area contributed by atoms with Crippen molar-refractivity contribution < 1.29 is 4.43 Å². The van der Waals surface area contributed by atoms with Gasteiger partial charge in [0.25, 0.3) is 0 Å². The van der Waals surface area contributed by atoms with Gasteiger partial charge in [-0.05, 0) is 61.5 Å². The van der Waals surface area contributed by atoms with Crippen LogP contribution in [0.15, 0.2) is 24.3 Å². The van der Waals surface area contributed by atoms with E-state index in [4.69, 9.17) is 16.0 Å². The summed E-state index contributed by atoms with van der Waals surface area (Å²) in [7, 11) is -1.59. The molecule has 2 nitrogen and oxygen atoms in total. The third kappa shape index (κ3) is 5.23. The minimum absolute atomic E-state index is 0.308. The molecule has 0 aliphatic carbocycles. The molecule has 0 spiro atoms. The van der Waals surface area contributed by atoms with E-state index in [-0.39, 0.29) is 0 Å². The smallest absolute Gasteiger partial charge is 0.191 e. The first-order valence-corrected chi connectivity index (χ1v) is 12.1. The van der Waals surface area contributed by atoms with Gasteiger partial charge in [0.05, 0.1) is 0 Å². The Labute approximate surface area is 148 Å². The number of benzene rings is 1. The summed E-state index contributed by atoms with van der Waals surface area (Å²) in [6, 6.07) is 8.21. The molecule has 1 aliphatic heterocycles. The molecule has 1 aromatic rings. The molecule has 130 valence electrons. The maximum atomic E-state index is 6.33. The lowest BCUT2D eigenvalue weighted by molar-refractivity contribution is 0.240. The van der Waals surface area contributed by atoms with Crippen LogP contribution in [0.1, 0.15) is 40.0 Å². The van der Waals surface area contributed by atoms with Crippen molar-refractivity contribution in [3.05, 3.63) is 29.3 Å². The summed E-state index contributed by atoms with van der Waals surface area (Å²) in [5, 5.41) is 1.13. The highest BCUT2D eigenvalue weighted by molar-refractivity contribution is 6.74. The van der Waals surface area contributed by atoms with Crippen LogP contribution in [-0.2, 0) is 4.43 Å². The van der Waals surface area contributed by atoms with Crippen LogP contribution in [0, 0.1) is 5.92 Å². The highest BCUT2D eigenvalue weighted by Crippen LogP contribution is 2.37. The molecule has 23 heavy (non-hydrogen) atoms. The minimum Gasteiger partial charge on any atom is -0.417 e. The fourth-order valence-electron chi connectivity index (χ4n) is 2.85. The predicted molar refractivity (Wildman–Crippen MR) is 104 cm³/mol. The van der Waals surface area contributed by atoms with E-state index in [1.165, 1.54) is 24.9 Å². The van der Waals surface area contributed by atoms with Crippen LogP contribution in [0.4, 0.5) is 5.69 Å². The first kappa shape index (κ1) is 18.8. The van der Waals surface area contributed by atoms with Gasteiger partial charge in [-0.2, -0.15) is 0 Å². The number of hydrogen-bond donors (Lipinski definition) is 0. The van der Waals surface area contributed by atoms with Crippen LogP contribution in [-0.4, -0.2) is 28.0 Å². The van der Waals surface area contributed by atoms with E-state index in [9.17, 15) is 0 Å². The van der Waals surface area contributed by atoms with Gasteiger partial charge in [-0.1, -0.05) is 38.4 Å². The summed E-state index contributed by atoms with van der Waals surface area (Å²) < 4.78 is 6.33. The lowest BCUT2D eigenvalue weighted by Gasteiger charge is -2.37. The maximum Gasteiger partial charge on any atom is 0.191 e. The zero-order valence-electron chi connectivity index (χ0n) is 15.4. The second kappa shape index (κ2) is 7.58. The van der Waals surface area contributed by atoms with Crippen LogP contribution in [0.5, 0.6) is 0 Å². The van der Waals surface area contributed by atoms with Crippen LogP contribution in [0.2, 0.25) is 23.2 Å². The highest BCUT2D eigenvalue weighted by Gasteiger charge is 2.37. The summed E-state index contributed by atoms with van der Waals surface area (Å²) in [6.07, 6.45) is 3.72. The van der Waals surface area contributed by atoms with Gasteiger partial charge in [0, 0.05) is 30.4 Å². The van der Waals surface area contributed by atoms with Gasteiger partial charge in [0.1, 0.15) is 0 Å². The van der Waals surface area contributed by atoms with Crippen molar-refractivity contribution in [2.45, 2.75) is 58.2 Å². The molecule has 0 aromatic heterocycles. The molecule has 2 rings (SSSR count). The molecule has 0 bridgehead atoms. The number of nitrogens with zero attached hydrogens (tertiary/aromatic N) is 1. The molecule has 4 heteroatoms. The van der Waals surface area contributed by atoms with Crippen molar-refractivity contribution in [1.29, 1.82) is 0 Å². The van der Waals surface area contributed by atoms with Gasteiger partial charge >= 0.3 is 0 Å². The fraction of sp³-hybridized carbons (Fsp3) is 0.684. The van der Waals surface area contributed by atoms with Gasteiger partial charge in [-0.15, -0.1) is 0 Å². The van der Waals surface area contributed by atoms with E-state index in [1.807, 2.05) is 12.1 Å². The molecule has 0 N–H and O–H groups in total. The highest BCUT2D eigenvalue weighted by atomic mass is 35.5. The fourth-order valence-corrected chi connectivity index (χ4v) is 4.10. The molecule has 1 fully saturated rings. The third-order valence-electron chi connectivity index (χ3n) is 5.58. The predicted octanol–water partition coefficient (Wildman–Crippen LogP) is 5.97. The summed E-state index contributed by atoms with van der Waals surface area (Å²) >= 11 is 6.10. The lowest BCUT2D eigenvalue weighted by Crippen LogP contribution is -2.41. The van der Waals surface area contributed by atoms with Gasteiger partial charge in [-0.25, -0.2) is 0 Å². The van der Waals surface area contributed by atoms with Crippen molar-refractivity contribution in [3.63, 3.8) is 0 Å². The summed E-state index contributed by atoms with van der Waals surface area (Å²) in [5.41, 5.74) is 1.26. The van der Waals surface area contributed by atoms with Crippen LogP contribution < -0.4 is 4.90 Å². The monoisotopic (exact) mass is 353 g/mol. The first-order chi connectivity index (χ1) is 10.7. The Morgan fingerprint density at radius 1 is 1.22 bits per heavy atom. The Hall–Kier alpha value is -0.513. The molecule has 0 saturated carbocycles. The Kier molecular flexibility index (Phi) is 6.20. The normalized spacial score (nSPS) is 17.6. The third-order valence-corrected chi connectivity index (χ3v) is 10.4. The standard InChI is InChI=1S/C19H32ClNOSi/c1-19(2,3)23(4,5)22-14-11-16-9-12-21(13-10-16)18-8-6-7-17(20)15-18/h6-8,15-16H,9-14H2,1-5H3. The summed E-state index contributed by atoms with van der Waals surface area (Å²) in [4.78, 5) is 2.46. The van der Waals surface area contributed by atoms with Gasteiger partial charge in [0.15, 0.2) is 8.32 Å². The van der Waals surface area contributed by atoms with E-state index in [0.717, 1.165) is 30.6 Å². The average Bonchev–Trinajstić information content (AvgIpc) is 2.46. The van der Waals surface area contributed by atoms with Crippen molar-refractivity contribution in [2.75, 3.05) is 24.6 Å². The molecule has 1 aliphatic rings. The molecule has 0 radical (unpaired) electrons. The van der Waals surface area contributed by atoms with Crippen molar-refractivity contribution >= 4 is 25.6 Å². The van der Waals surface area contributed by atoms with Crippen LogP contribution in [0.25, 0.3) is 0 Å². The Balaban J connectivity index is 1.75. The number of anilines is 1. The second-order valence-corrected chi connectivity index (χ2v) is 13.6. The summed E-state index contributed by atoms with van der Waals surface area (Å²) in [6.45, 7) is 14.8. The van der Waals surface area contributed by atoms with Gasteiger partial charge in [-0.3, -0.25) is 0 Å². The number of hydrogen-bond acceptors (Lipinski definition) is 2. The van der Waals surface area contributed by atoms with E-state index >= 15 is 0 Å². The van der Waals surface area contributed by atoms with Crippen molar-refractivity contribution in [1.82, 2.24) is 0 Å². The molecule has 0 atom stereocenters. The topological polar surface area (TPSA) is 12.5 Å². The van der Waals surface area contributed by atoms with E-state index in [2.05, 4.69) is 50.9 Å². The van der Waals surface area contributed by atoms with Crippen LogP contribution in [0.3, 0.4) is 0 Å². The van der Waals surface area contributed by atoms with E-state index in [0.29, 0.717) is 5.04 Å². The zero-order chi connectivity index (χ0) is 17.1. The van der Waals surface area contributed by atoms with Gasteiger partial charge in [0.2, 0.25) is 0 Å². The molecule has 1 saturated heterocycles. The number of halogens is 1. The van der Waals surface area contributed by atoms with Gasteiger partial charge < -0.3 is 9.33 Å². The van der Waals surface area contributed by atoms with E-state index in [1.54, 1.807) is 0 Å². The Morgan fingerprint density at radius 3 is 2.43 bits per heavy atom. The molecule has 0 amide bonds. The summed E-state index contributed by atoms with van der Waals surface area (Å²) in [5.74, 6) is 0.801. The Morgan fingerprint density at radius 2 is 1.87 bits per heavy atom. The van der Waals surface area contributed by atoms with Crippen molar-refractivity contribution in [2.24, 2.45) is 5.92 Å².